The summed E-state index contributed by atoms with van der Waals surface area (Å²) in [7, 11) is 0. The van der Waals surface area contributed by atoms with Crippen LogP contribution in [0.15, 0.2) is 18.3 Å². The minimum absolute atomic E-state index is 0.198. The van der Waals surface area contributed by atoms with Gasteiger partial charge < -0.3 is 0 Å². The lowest BCUT2D eigenvalue weighted by molar-refractivity contribution is 0.0962. The molecule has 12 heavy (non-hydrogen) atoms. The molecule has 0 aliphatic heterocycles. The van der Waals surface area contributed by atoms with Crippen molar-refractivity contribution in [1.82, 2.24) is 4.98 Å². The van der Waals surface area contributed by atoms with E-state index in [1.54, 1.807) is 6.20 Å². The molecule has 0 N–H and O–H groups in total. The van der Waals surface area contributed by atoms with Crippen molar-refractivity contribution in [2.24, 2.45) is 0 Å². The van der Waals surface area contributed by atoms with E-state index in [1.165, 1.54) is 0 Å². The van der Waals surface area contributed by atoms with Gasteiger partial charge in [0.15, 0.2) is 5.78 Å². The van der Waals surface area contributed by atoms with Gasteiger partial charge in [-0.3, -0.25) is 9.78 Å². The molecule has 1 aromatic heterocycles. The van der Waals surface area contributed by atoms with E-state index in [0.29, 0.717) is 18.0 Å². The number of ketones is 1. The van der Waals surface area contributed by atoms with Gasteiger partial charge in [0.1, 0.15) is 5.69 Å². The predicted molar refractivity (Wildman–Crippen MR) is 46.2 cm³/mol. The Hall–Kier alpha value is -1.18. The van der Waals surface area contributed by atoms with Crippen LogP contribution >= 0.6 is 0 Å². The molecule has 0 saturated carbocycles. The van der Waals surface area contributed by atoms with Crippen LogP contribution in [0.25, 0.3) is 0 Å². The number of aromatic nitrogens is 1. The fourth-order valence-corrected chi connectivity index (χ4v) is 1.67. The molecule has 1 unspecified atom stereocenters. The lowest BCUT2D eigenvalue weighted by Gasteiger charge is -2.19. The van der Waals surface area contributed by atoms with Crippen molar-refractivity contribution in [3.63, 3.8) is 0 Å². The van der Waals surface area contributed by atoms with E-state index in [-0.39, 0.29) is 5.78 Å². The third-order valence-corrected chi connectivity index (χ3v) is 2.44. The van der Waals surface area contributed by atoms with Crippen molar-refractivity contribution in [3.8, 4) is 0 Å². The SMILES string of the molecule is CC1CCC(=O)c2ncccc21. The van der Waals surface area contributed by atoms with Gasteiger partial charge >= 0.3 is 0 Å². The first kappa shape index (κ1) is 7.47. The standard InChI is InChI=1S/C10H11NO/c1-7-4-5-9(12)10-8(7)3-2-6-11-10/h2-3,6-7H,4-5H2,1H3. The number of pyridine rings is 1. The van der Waals surface area contributed by atoms with Gasteiger partial charge in [-0.25, -0.2) is 0 Å². The van der Waals surface area contributed by atoms with E-state index in [4.69, 9.17) is 0 Å². The highest BCUT2D eigenvalue weighted by molar-refractivity contribution is 5.96. The fourth-order valence-electron chi connectivity index (χ4n) is 1.67. The third-order valence-electron chi connectivity index (χ3n) is 2.44. The Balaban J connectivity index is 2.55. The van der Waals surface area contributed by atoms with Crippen LogP contribution in [-0.4, -0.2) is 10.8 Å². The Morgan fingerprint density at radius 2 is 2.42 bits per heavy atom. The van der Waals surface area contributed by atoms with Gasteiger partial charge in [-0.15, -0.1) is 0 Å². The molecular formula is C10H11NO. The van der Waals surface area contributed by atoms with Crippen molar-refractivity contribution in [1.29, 1.82) is 0 Å². The fraction of sp³-hybridized carbons (Fsp3) is 0.400. The molecule has 2 rings (SSSR count). The van der Waals surface area contributed by atoms with Crippen molar-refractivity contribution in [2.75, 3.05) is 0 Å². The number of carbonyl (C=O) groups is 1. The van der Waals surface area contributed by atoms with Gasteiger partial charge in [0.05, 0.1) is 0 Å². The number of hydrogen-bond donors (Lipinski definition) is 0. The average Bonchev–Trinajstić information content (AvgIpc) is 2.12. The minimum Gasteiger partial charge on any atom is -0.292 e. The summed E-state index contributed by atoms with van der Waals surface area (Å²) < 4.78 is 0. The Morgan fingerprint density at radius 3 is 3.17 bits per heavy atom. The van der Waals surface area contributed by atoms with Gasteiger partial charge in [0, 0.05) is 12.6 Å². The van der Waals surface area contributed by atoms with Crippen LogP contribution in [0.1, 0.15) is 41.7 Å². The first-order chi connectivity index (χ1) is 5.79. The smallest absolute Gasteiger partial charge is 0.181 e. The zero-order valence-corrected chi connectivity index (χ0v) is 7.08. The lowest BCUT2D eigenvalue weighted by Crippen LogP contribution is -2.15. The largest absolute Gasteiger partial charge is 0.292 e. The predicted octanol–water partition coefficient (Wildman–Crippen LogP) is 2.16. The van der Waals surface area contributed by atoms with E-state index in [9.17, 15) is 4.79 Å². The van der Waals surface area contributed by atoms with Gasteiger partial charge in [0.2, 0.25) is 0 Å². The second-order valence-electron chi connectivity index (χ2n) is 3.30. The highest BCUT2D eigenvalue weighted by atomic mass is 16.1. The lowest BCUT2D eigenvalue weighted by atomic mass is 9.86. The topological polar surface area (TPSA) is 30.0 Å². The van der Waals surface area contributed by atoms with Crippen LogP contribution in [-0.2, 0) is 0 Å². The normalized spacial score (nSPS) is 22.1. The molecule has 2 heteroatoms. The van der Waals surface area contributed by atoms with Crippen LogP contribution in [0.4, 0.5) is 0 Å². The highest BCUT2D eigenvalue weighted by Gasteiger charge is 2.22. The minimum atomic E-state index is 0.198. The molecule has 62 valence electrons. The number of carbonyl (C=O) groups excluding carboxylic acids is 1. The second-order valence-corrected chi connectivity index (χ2v) is 3.30. The maximum absolute atomic E-state index is 11.4. The zero-order chi connectivity index (χ0) is 8.55. The van der Waals surface area contributed by atoms with Crippen molar-refractivity contribution < 1.29 is 4.79 Å². The number of nitrogens with zero attached hydrogens (tertiary/aromatic N) is 1. The monoisotopic (exact) mass is 161 g/mol. The summed E-state index contributed by atoms with van der Waals surface area (Å²) in [5, 5.41) is 0. The van der Waals surface area contributed by atoms with E-state index in [1.807, 2.05) is 12.1 Å². The second kappa shape index (κ2) is 2.70. The Bertz CT molecular complexity index is 319. The van der Waals surface area contributed by atoms with E-state index >= 15 is 0 Å². The van der Waals surface area contributed by atoms with Crippen molar-refractivity contribution >= 4 is 5.78 Å². The third kappa shape index (κ3) is 1.04. The van der Waals surface area contributed by atoms with Crippen molar-refractivity contribution in [3.05, 3.63) is 29.6 Å². The summed E-state index contributed by atoms with van der Waals surface area (Å²) in [6.07, 6.45) is 3.32. The van der Waals surface area contributed by atoms with Crippen LogP contribution < -0.4 is 0 Å². The molecule has 0 spiro atoms. The van der Waals surface area contributed by atoms with Gasteiger partial charge in [0.25, 0.3) is 0 Å². The molecule has 1 aliphatic carbocycles. The summed E-state index contributed by atoms with van der Waals surface area (Å²) in [4.78, 5) is 15.5. The van der Waals surface area contributed by atoms with Crippen LogP contribution in [0, 0.1) is 0 Å². The summed E-state index contributed by atoms with van der Waals surface area (Å²) >= 11 is 0. The Morgan fingerprint density at radius 1 is 1.58 bits per heavy atom. The number of rotatable bonds is 0. The molecule has 1 aliphatic rings. The first-order valence-corrected chi connectivity index (χ1v) is 4.27. The zero-order valence-electron chi connectivity index (χ0n) is 7.08. The molecule has 0 bridgehead atoms. The molecule has 0 fully saturated rings. The summed E-state index contributed by atoms with van der Waals surface area (Å²) in [5.74, 6) is 0.690. The highest BCUT2D eigenvalue weighted by Crippen LogP contribution is 2.29. The van der Waals surface area contributed by atoms with E-state index < -0.39 is 0 Å². The molecule has 2 nitrogen and oxygen atoms in total. The molecular weight excluding hydrogens is 150 g/mol. The van der Waals surface area contributed by atoms with Gasteiger partial charge in [-0.2, -0.15) is 0 Å². The van der Waals surface area contributed by atoms with Crippen LogP contribution in [0.5, 0.6) is 0 Å². The first-order valence-electron chi connectivity index (χ1n) is 4.27. The summed E-state index contributed by atoms with van der Waals surface area (Å²) in [6, 6.07) is 3.90. The van der Waals surface area contributed by atoms with Gasteiger partial charge in [-0.05, 0) is 24.0 Å². The Kier molecular flexibility index (Phi) is 1.68. The Labute approximate surface area is 71.6 Å². The van der Waals surface area contributed by atoms with E-state index in [0.717, 1.165) is 12.0 Å². The van der Waals surface area contributed by atoms with Crippen LogP contribution in [0.2, 0.25) is 0 Å². The molecule has 0 amide bonds. The van der Waals surface area contributed by atoms with Crippen molar-refractivity contribution in [2.45, 2.75) is 25.7 Å². The number of Topliss-reactive ketones (excluding diaryl/α,β-unsaturated/α-hetero) is 1. The van der Waals surface area contributed by atoms with E-state index in [2.05, 4.69) is 11.9 Å². The molecule has 1 atom stereocenters. The maximum Gasteiger partial charge on any atom is 0.181 e. The molecule has 1 aromatic rings. The quantitative estimate of drug-likeness (QED) is 0.583. The molecule has 0 radical (unpaired) electrons. The summed E-state index contributed by atoms with van der Waals surface area (Å²) in [5.41, 5.74) is 1.81. The average molecular weight is 161 g/mol. The number of hydrogen-bond acceptors (Lipinski definition) is 2. The number of fused-ring (bicyclic) bond motifs is 1. The van der Waals surface area contributed by atoms with Gasteiger partial charge in [-0.1, -0.05) is 13.0 Å². The molecule has 0 saturated heterocycles. The summed E-state index contributed by atoms with van der Waals surface area (Å²) in [6.45, 7) is 2.15. The molecule has 0 aromatic carbocycles. The maximum atomic E-state index is 11.4. The molecule has 1 heterocycles. The van der Waals surface area contributed by atoms with Crippen LogP contribution in [0.3, 0.4) is 0 Å².